The van der Waals surface area contributed by atoms with Crippen LogP contribution in [-0.4, -0.2) is 26.0 Å². The van der Waals surface area contributed by atoms with Gasteiger partial charge in [0.25, 0.3) is 0 Å². The van der Waals surface area contributed by atoms with Crippen molar-refractivity contribution in [3.63, 3.8) is 0 Å². The summed E-state index contributed by atoms with van der Waals surface area (Å²) in [5, 5.41) is 0. The molecule has 0 bridgehead atoms. The number of rotatable bonds is 1. The lowest BCUT2D eigenvalue weighted by atomic mass is 10.2. The highest BCUT2D eigenvalue weighted by atomic mass is 28.3. The molecular formula is C7H18N2Si. The molecular weight excluding hydrogens is 140 g/mol. The predicted octanol–water partition coefficient (Wildman–Crippen LogP) is 1.06. The Morgan fingerprint density at radius 3 is 2.40 bits per heavy atom. The molecule has 1 fully saturated rings. The fourth-order valence-electron chi connectivity index (χ4n) is 1.99. The van der Waals surface area contributed by atoms with Gasteiger partial charge in [0.15, 0.2) is 0 Å². The highest BCUT2D eigenvalue weighted by Gasteiger charge is 2.37. The predicted molar refractivity (Wildman–Crippen MR) is 47.2 cm³/mol. The number of nitrogens with zero attached hydrogens (tertiary/aromatic N) is 1. The Bertz CT molecular complexity index is 125. The van der Waals surface area contributed by atoms with E-state index in [-0.39, 0.29) is 0 Å². The molecule has 0 aliphatic carbocycles. The topological polar surface area (TPSA) is 29.3 Å². The molecule has 0 saturated carbocycles. The Morgan fingerprint density at radius 1 is 1.60 bits per heavy atom. The summed E-state index contributed by atoms with van der Waals surface area (Å²) in [6, 6.07) is 1.42. The molecule has 0 spiro atoms. The first kappa shape index (κ1) is 8.24. The Hall–Kier alpha value is 0.137. The zero-order valence-electron chi connectivity index (χ0n) is 7.22. The van der Waals surface area contributed by atoms with Crippen molar-refractivity contribution in [2.45, 2.75) is 26.1 Å². The van der Waals surface area contributed by atoms with Crippen LogP contribution >= 0.6 is 0 Å². The van der Waals surface area contributed by atoms with Crippen LogP contribution in [0, 0.1) is 5.92 Å². The van der Waals surface area contributed by atoms with Gasteiger partial charge in [-0.25, -0.2) is 0 Å². The smallest absolute Gasteiger partial charge is 0.123 e. The lowest BCUT2D eigenvalue weighted by molar-refractivity contribution is 0.429. The molecule has 0 radical (unpaired) electrons. The fraction of sp³-hybridized carbons (Fsp3) is 1.00. The molecule has 1 saturated heterocycles. The van der Waals surface area contributed by atoms with Crippen molar-refractivity contribution >= 4 is 8.24 Å². The molecule has 10 heavy (non-hydrogen) atoms. The molecule has 1 unspecified atom stereocenters. The van der Waals surface area contributed by atoms with Gasteiger partial charge in [-0.3, -0.25) is 0 Å². The molecule has 2 N–H and O–H groups in total. The molecule has 0 aromatic heterocycles. The van der Waals surface area contributed by atoms with Gasteiger partial charge in [-0.15, -0.1) is 0 Å². The van der Waals surface area contributed by atoms with Gasteiger partial charge in [0.05, 0.1) is 0 Å². The van der Waals surface area contributed by atoms with Gasteiger partial charge >= 0.3 is 0 Å². The molecule has 3 heteroatoms. The Balaban J connectivity index is 2.58. The monoisotopic (exact) mass is 158 g/mol. The van der Waals surface area contributed by atoms with E-state index in [9.17, 15) is 0 Å². The standard InChI is InChI=1S/C7H18N2Si/c1-7-4-9(6-8)10(2,3)5-7/h7H,4-6,8H2,1-3H3. The second-order valence-corrected chi connectivity index (χ2v) is 8.69. The van der Waals surface area contributed by atoms with Crippen LogP contribution in [0.4, 0.5) is 0 Å². The van der Waals surface area contributed by atoms with Crippen LogP contribution in [0.2, 0.25) is 19.1 Å². The minimum Gasteiger partial charge on any atom is -0.319 e. The summed E-state index contributed by atoms with van der Waals surface area (Å²) in [6.07, 6.45) is 0. The van der Waals surface area contributed by atoms with E-state index in [4.69, 9.17) is 5.73 Å². The molecule has 1 aliphatic rings. The van der Waals surface area contributed by atoms with Crippen molar-refractivity contribution in [2.75, 3.05) is 13.2 Å². The average molecular weight is 158 g/mol. The van der Waals surface area contributed by atoms with E-state index >= 15 is 0 Å². The minimum absolute atomic E-state index is 0.767. The molecule has 2 nitrogen and oxygen atoms in total. The first-order valence-corrected chi connectivity index (χ1v) is 7.17. The normalized spacial score (nSPS) is 33.0. The quantitative estimate of drug-likeness (QED) is 0.578. The van der Waals surface area contributed by atoms with Crippen LogP contribution in [0.15, 0.2) is 0 Å². The first-order valence-electron chi connectivity index (χ1n) is 4.01. The molecule has 1 heterocycles. The summed E-state index contributed by atoms with van der Waals surface area (Å²) in [6.45, 7) is 9.14. The zero-order valence-corrected chi connectivity index (χ0v) is 8.22. The largest absolute Gasteiger partial charge is 0.319 e. The van der Waals surface area contributed by atoms with Crippen LogP contribution in [0.1, 0.15) is 6.92 Å². The maximum Gasteiger partial charge on any atom is 0.123 e. The second-order valence-electron chi connectivity index (χ2n) is 4.03. The molecule has 0 aromatic rings. The van der Waals surface area contributed by atoms with Crippen molar-refractivity contribution in [2.24, 2.45) is 11.7 Å². The lowest BCUT2D eigenvalue weighted by Crippen LogP contribution is -2.46. The van der Waals surface area contributed by atoms with Crippen molar-refractivity contribution in [1.29, 1.82) is 0 Å². The first-order chi connectivity index (χ1) is 4.56. The third kappa shape index (κ3) is 1.41. The van der Waals surface area contributed by atoms with Crippen LogP contribution in [0.25, 0.3) is 0 Å². The minimum atomic E-state index is -1.02. The van der Waals surface area contributed by atoms with E-state index < -0.39 is 8.24 Å². The summed E-state index contributed by atoms with van der Waals surface area (Å²) < 4.78 is 2.48. The summed E-state index contributed by atoms with van der Waals surface area (Å²) in [4.78, 5) is 0. The number of nitrogens with two attached hydrogens (primary N) is 1. The maximum atomic E-state index is 5.63. The van der Waals surface area contributed by atoms with Crippen LogP contribution in [-0.2, 0) is 0 Å². The van der Waals surface area contributed by atoms with Crippen LogP contribution in [0.5, 0.6) is 0 Å². The molecule has 0 aromatic carbocycles. The van der Waals surface area contributed by atoms with E-state index in [1.54, 1.807) is 0 Å². The van der Waals surface area contributed by atoms with E-state index in [2.05, 4.69) is 24.6 Å². The Kier molecular flexibility index (Phi) is 2.17. The highest BCUT2D eigenvalue weighted by Crippen LogP contribution is 2.28. The summed E-state index contributed by atoms with van der Waals surface area (Å²) in [5.41, 5.74) is 5.63. The molecule has 0 amide bonds. The SMILES string of the molecule is CC1CN(CN)[Si](C)(C)C1. The second kappa shape index (κ2) is 2.64. The van der Waals surface area contributed by atoms with E-state index in [1.165, 1.54) is 12.6 Å². The zero-order chi connectivity index (χ0) is 7.78. The van der Waals surface area contributed by atoms with Gasteiger partial charge in [-0.05, 0) is 18.5 Å². The van der Waals surface area contributed by atoms with Crippen LogP contribution < -0.4 is 5.73 Å². The third-order valence-electron chi connectivity index (χ3n) is 2.46. The Morgan fingerprint density at radius 2 is 2.20 bits per heavy atom. The van der Waals surface area contributed by atoms with Gasteiger partial charge in [0, 0.05) is 6.67 Å². The molecule has 1 aliphatic heterocycles. The molecule has 1 rings (SSSR count). The fourth-order valence-corrected chi connectivity index (χ4v) is 5.38. The van der Waals surface area contributed by atoms with E-state index in [1.807, 2.05) is 0 Å². The summed E-state index contributed by atoms with van der Waals surface area (Å²) in [7, 11) is -1.02. The van der Waals surface area contributed by atoms with Gasteiger partial charge in [0.2, 0.25) is 0 Å². The van der Waals surface area contributed by atoms with Crippen molar-refractivity contribution in [3.05, 3.63) is 0 Å². The van der Waals surface area contributed by atoms with Crippen molar-refractivity contribution < 1.29 is 0 Å². The van der Waals surface area contributed by atoms with Gasteiger partial charge in [-0.2, -0.15) is 0 Å². The van der Waals surface area contributed by atoms with Gasteiger partial charge < -0.3 is 10.3 Å². The molecule has 60 valence electrons. The molecule has 1 atom stereocenters. The van der Waals surface area contributed by atoms with Crippen molar-refractivity contribution in [1.82, 2.24) is 4.57 Å². The maximum absolute atomic E-state index is 5.63. The summed E-state index contributed by atoms with van der Waals surface area (Å²) in [5.74, 6) is 0.880. The third-order valence-corrected chi connectivity index (χ3v) is 6.23. The highest BCUT2D eigenvalue weighted by molar-refractivity contribution is 6.75. The lowest BCUT2D eigenvalue weighted by Gasteiger charge is -2.27. The van der Waals surface area contributed by atoms with E-state index in [0.29, 0.717) is 0 Å². The van der Waals surface area contributed by atoms with E-state index in [0.717, 1.165) is 12.6 Å². The Labute approximate surface area is 64.5 Å². The van der Waals surface area contributed by atoms with Crippen LogP contribution in [0.3, 0.4) is 0 Å². The average Bonchev–Trinajstić information content (AvgIpc) is 2.04. The van der Waals surface area contributed by atoms with Gasteiger partial charge in [-0.1, -0.05) is 20.0 Å². The number of hydrogen-bond donors (Lipinski definition) is 1. The number of hydrogen-bond acceptors (Lipinski definition) is 2. The van der Waals surface area contributed by atoms with Gasteiger partial charge in [0.1, 0.15) is 8.24 Å². The van der Waals surface area contributed by atoms with Crippen molar-refractivity contribution in [3.8, 4) is 0 Å². The summed E-state index contributed by atoms with van der Waals surface area (Å²) >= 11 is 0.